The second-order valence-corrected chi connectivity index (χ2v) is 14.9. The second kappa shape index (κ2) is 11.5. The predicted octanol–water partition coefficient (Wildman–Crippen LogP) is 3.98. The molecular formula is C29H37FN4O2S. The van der Waals surface area contributed by atoms with E-state index in [9.17, 15) is 9.18 Å². The molecule has 0 radical (unpaired) electrons. The summed E-state index contributed by atoms with van der Waals surface area (Å²) < 4.78 is 19.5. The SMILES string of the molecule is CS1(C)CCN(Cc2ccc(-c3cc(C(=O)NCCN4CCOCC4)c4cc(F)ccc4n3)cc2)CC1. The van der Waals surface area contributed by atoms with E-state index in [2.05, 4.69) is 51.9 Å². The zero-order valence-corrected chi connectivity index (χ0v) is 22.7. The lowest BCUT2D eigenvalue weighted by Gasteiger charge is -2.41. The Balaban J connectivity index is 1.32. The van der Waals surface area contributed by atoms with Crippen LogP contribution in [0.5, 0.6) is 0 Å². The first-order valence-corrected chi connectivity index (χ1v) is 15.8. The summed E-state index contributed by atoms with van der Waals surface area (Å²) in [5.74, 6) is 2.03. The molecule has 3 aromatic rings. The van der Waals surface area contributed by atoms with Crippen LogP contribution in [0.4, 0.5) is 4.39 Å². The highest BCUT2D eigenvalue weighted by molar-refractivity contribution is 8.32. The summed E-state index contributed by atoms with van der Waals surface area (Å²) in [4.78, 5) is 22.8. The van der Waals surface area contributed by atoms with Gasteiger partial charge in [-0.1, -0.05) is 24.3 Å². The van der Waals surface area contributed by atoms with Crippen LogP contribution in [-0.4, -0.2) is 97.2 Å². The number of nitrogens with zero attached hydrogens (tertiary/aromatic N) is 3. The number of nitrogens with one attached hydrogen (secondary N) is 1. The van der Waals surface area contributed by atoms with Gasteiger partial charge in [0.05, 0.1) is 30.0 Å². The second-order valence-electron chi connectivity index (χ2n) is 10.6. The van der Waals surface area contributed by atoms with E-state index in [1.807, 2.05) is 0 Å². The van der Waals surface area contributed by atoms with Crippen LogP contribution in [0.15, 0.2) is 48.5 Å². The maximum Gasteiger partial charge on any atom is 0.252 e. The molecule has 1 aromatic heterocycles. The minimum absolute atomic E-state index is 0.209. The molecule has 5 rings (SSSR count). The van der Waals surface area contributed by atoms with Crippen LogP contribution >= 0.6 is 10.0 Å². The number of carbonyl (C=O) groups excluding carboxylic acids is 1. The van der Waals surface area contributed by atoms with Gasteiger partial charge in [0, 0.05) is 56.8 Å². The number of morpholine rings is 1. The van der Waals surface area contributed by atoms with E-state index in [0.29, 0.717) is 28.7 Å². The molecule has 6 nitrogen and oxygen atoms in total. The fourth-order valence-electron chi connectivity index (χ4n) is 4.94. The Labute approximate surface area is 220 Å². The zero-order valence-electron chi connectivity index (χ0n) is 21.8. The monoisotopic (exact) mass is 524 g/mol. The quantitative estimate of drug-likeness (QED) is 0.507. The Hall–Kier alpha value is -2.52. The van der Waals surface area contributed by atoms with Gasteiger partial charge in [-0.05, 0) is 53.8 Å². The van der Waals surface area contributed by atoms with E-state index in [1.165, 1.54) is 29.2 Å². The average Bonchev–Trinajstić information content (AvgIpc) is 2.90. The van der Waals surface area contributed by atoms with Crippen molar-refractivity contribution in [2.75, 3.05) is 76.5 Å². The van der Waals surface area contributed by atoms with E-state index in [0.717, 1.165) is 58.0 Å². The normalized spacial score (nSPS) is 19.5. The van der Waals surface area contributed by atoms with Gasteiger partial charge in [0.2, 0.25) is 0 Å². The van der Waals surface area contributed by atoms with Crippen LogP contribution in [0.2, 0.25) is 0 Å². The summed E-state index contributed by atoms with van der Waals surface area (Å²) in [6, 6.07) is 14.7. The predicted molar refractivity (Wildman–Crippen MR) is 151 cm³/mol. The van der Waals surface area contributed by atoms with Crippen molar-refractivity contribution in [1.29, 1.82) is 0 Å². The van der Waals surface area contributed by atoms with Gasteiger partial charge in [0.15, 0.2) is 0 Å². The average molecular weight is 525 g/mol. The van der Waals surface area contributed by atoms with Gasteiger partial charge in [0.25, 0.3) is 5.91 Å². The third kappa shape index (κ3) is 6.68. The van der Waals surface area contributed by atoms with Gasteiger partial charge in [-0.2, -0.15) is 0 Å². The lowest BCUT2D eigenvalue weighted by atomic mass is 10.0. The Bertz CT molecular complexity index is 1230. The number of aromatic nitrogens is 1. The van der Waals surface area contributed by atoms with Crippen molar-refractivity contribution in [2.24, 2.45) is 0 Å². The van der Waals surface area contributed by atoms with E-state index in [4.69, 9.17) is 9.72 Å². The number of hydrogen-bond acceptors (Lipinski definition) is 5. The molecule has 37 heavy (non-hydrogen) atoms. The molecule has 1 amide bonds. The number of benzene rings is 2. The molecule has 0 aliphatic carbocycles. The maximum atomic E-state index is 14.1. The molecule has 1 N–H and O–H groups in total. The molecule has 2 aliphatic rings. The number of pyridine rings is 1. The topological polar surface area (TPSA) is 57.7 Å². The zero-order chi connectivity index (χ0) is 25.8. The summed E-state index contributed by atoms with van der Waals surface area (Å²) in [6.45, 7) is 7.76. The van der Waals surface area contributed by atoms with Crippen molar-refractivity contribution in [3.8, 4) is 11.3 Å². The smallest absolute Gasteiger partial charge is 0.252 e. The van der Waals surface area contributed by atoms with Gasteiger partial charge in [-0.25, -0.2) is 19.4 Å². The van der Waals surface area contributed by atoms with Crippen LogP contribution in [0, 0.1) is 5.82 Å². The lowest BCUT2D eigenvalue weighted by Crippen LogP contribution is -2.41. The van der Waals surface area contributed by atoms with Crippen molar-refractivity contribution in [3.63, 3.8) is 0 Å². The van der Waals surface area contributed by atoms with Gasteiger partial charge in [0.1, 0.15) is 5.82 Å². The molecule has 2 fully saturated rings. The number of carbonyl (C=O) groups is 1. The summed E-state index contributed by atoms with van der Waals surface area (Å²) in [5.41, 5.74) is 4.00. The fraction of sp³-hybridized carbons (Fsp3) is 0.448. The van der Waals surface area contributed by atoms with Crippen molar-refractivity contribution < 1.29 is 13.9 Å². The number of amides is 1. The Kier molecular flexibility index (Phi) is 8.09. The fourth-order valence-corrected chi connectivity index (χ4v) is 6.65. The summed E-state index contributed by atoms with van der Waals surface area (Å²) in [5, 5.41) is 3.55. The van der Waals surface area contributed by atoms with Crippen molar-refractivity contribution in [3.05, 3.63) is 65.5 Å². The van der Waals surface area contributed by atoms with Gasteiger partial charge in [-0.3, -0.25) is 14.6 Å². The Morgan fingerprint density at radius 3 is 2.46 bits per heavy atom. The summed E-state index contributed by atoms with van der Waals surface area (Å²) in [6.07, 6.45) is 4.87. The molecule has 2 aliphatic heterocycles. The van der Waals surface area contributed by atoms with E-state index >= 15 is 0 Å². The first kappa shape index (κ1) is 26.1. The first-order chi connectivity index (χ1) is 17.9. The van der Waals surface area contributed by atoms with E-state index in [1.54, 1.807) is 12.1 Å². The van der Waals surface area contributed by atoms with Gasteiger partial charge in [-0.15, -0.1) is 0 Å². The third-order valence-electron chi connectivity index (χ3n) is 7.41. The van der Waals surface area contributed by atoms with E-state index in [-0.39, 0.29) is 11.7 Å². The van der Waals surface area contributed by atoms with Crippen molar-refractivity contribution in [2.45, 2.75) is 6.54 Å². The number of fused-ring (bicyclic) bond motifs is 1. The molecule has 0 saturated carbocycles. The van der Waals surface area contributed by atoms with Crippen LogP contribution in [0.3, 0.4) is 0 Å². The highest BCUT2D eigenvalue weighted by Crippen LogP contribution is 2.41. The number of halogens is 1. The number of rotatable bonds is 7. The molecule has 0 atom stereocenters. The Morgan fingerprint density at radius 2 is 1.73 bits per heavy atom. The highest BCUT2D eigenvalue weighted by Gasteiger charge is 2.21. The number of ether oxygens (including phenoxy) is 1. The van der Waals surface area contributed by atoms with Crippen LogP contribution in [-0.2, 0) is 11.3 Å². The number of hydrogen-bond donors (Lipinski definition) is 1. The molecule has 3 heterocycles. The highest BCUT2D eigenvalue weighted by atomic mass is 32.3. The van der Waals surface area contributed by atoms with Gasteiger partial charge < -0.3 is 10.1 Å². The minimum atomic E-state index is -0.408. The van der Waals surface area contributed by atoms with Crippen LogP contribution in [0.25, 0.3) is 22.2 Å². The molecule has 2 aromatic carbocycles. The molecule has 198 valence electrons. The van der Waals surface area contributed by atoms with Crippen LogP contribution in [0.1, 0.15) is 15.9 Å². The molecule has 0 unspecified atom stereocenters. The lowest BCUT2D eigenvalue weighted by molar-refractivity contribution is 0.0383. The van der Waals surface area contributed by atoms with Crippen molar-refractivity contribution >= 4 is 26.8 Å². The third-order valence-corrected chi connectivity index (χ3v) is 9.98. The summed E-state index contributed by atoms with van der Waals surface area (Å²) in [7, 11) is -0.408. The maximum absolute atomic E-state index is 14.1. The van der Waals surface area contributed by atoms with Crippen LogP contribution < -0.4 is 5.32 Å². The van der Waals surface area contributed by atoms with Gasteiger partial charge >= 0.3 is 0 Å². The minimum Gasteiger partial charge on any atom is -0.379 e. The standard InChI is InChI=1S/C29H37FN4O2S/c1-37(2)17-13-34(14-18-37)21-22-3-5-23(6-4-22)28-20-26(25-19-24(30)7-8-27(25)32-28)29(35)31-9-10-33-11-15-36-16-12-33/h3-8,19-20H,9-18,21H2,1-2H3,(H,31,35). The first-order valence-electron chi connectivity index (χ1n) is 13.1. The largest absolute Gasteiger partial charge is 0.379 e. The molecular weight excluding hydrogens is 487 g/mol. The molecule has 8 heteroatoms. The Morgan fingerprint density at radius 1 is 1.00 bits per heavy atom. The molecule has 2 saturated heterocycles. The van der Waals surface area contributed by atoms with Crippen molar-refractivity contribution in [1.82, 2.24) is 20.1 Å². The summed E-state index contributed by atoms with van der Waals surface area (Å²) >= 11 is 0. The van der Waals surface area contributed by atoms with E-state index < -0.39 is 10.0 Å². The molecule has 0 bridgehead atoms. The molecule has 0 spiro atoms.